The van der Waals surface area contributed by atoms with E-state index in [4.69, 9.17) is 4.52 Å². The lowest BCUT2D eigenvalue weighted by Crippen LogP contribution is -2.39. The monoisotopic (exact) mass is 381 g/mol. The zero-order valence-corrected chi connectivity index (χ0v) is 15.9. The third-order valence-corrected chi connectivity index (χ3v) is 4.32. The number of guanidine groups is 1. The minimum Gasteiger partial charge on any atom is -0.361 e. The smallest absolute Gasteiger partial charge is 0.193 e. The van der Waals surface area contributed by atoms with Gasteiger partial charge in [0.05, 0.1) is 12.2 Å². The van der Waals surface area contributed by atoms with Gasteiger partial charge < -0.3 is 19.3 Å². The Kier molecular flexibility index (Phi) is 5.87. The van der Waals surface area contributed by atoms with Crippen molar-refractivity contribution in [3.05, 3.63) is 39.4 Å². The predicted molar refractivity (Wildman–Crippen MR) is 95.6 cm³/mol. The van der Waals surface area contributed by atoms with Crippen molar-refractivity contribution in [3.63, 3.8) is 0 Å². The van der Waals surface area contributed by atoms with Crippen LogP contribution in [0.1, 0.15) is 22.7 Å². The first-order valence-electron chi connectivity index (χ1n) is 7.56. The van der Waals surface area contributed by atoms with E-state index >= 15 is 0 Å². The SMILES string of the molecule is CN=C(NCCc1c(C)noc1C)N(C)Cc1cc(Br)cn1C. The second-order valence-electron chi connectivity index (χ2n) is 5.64. The average Bonchev–Trinajstić information content (AvgIpc) is 2.98. The van der Waals surface area contributed by atoms with Gasteiger partial charge in [0.15, 0.2) is 5.96 Å². The van der Waals surface area contributed by atoms with Crippen LogP contribution in [0.4, 0.5) is 0 Å². The van der Waals surface area contributed by atoms with Gasteiger partial charge in [0.2, 0.25) is 0 Å². The predicted octanol–water partition coefficient (Wildman–Crippen LogP) is 2.64. The molecule has 0 radical (unpaired) electrons. The molecule has 0 bridgehead atoms. The fraction of sp³-hybridized carbons (Fsp3) is 0.500. The van der Waals surface area contributed by atoms with Gasteiger partial charge in [-0.15, -0.1) is 0 Å². The van der Waals surface area contributed by atoms with Crippen LogP contribution < -0.4 is 5.32 Å². The van der Waals surface area contributed by atoms with Gasteiger partial charge in [-0.1, -0.05) is 5.16 Å². The molecule has 0 fully saturated rings. The molecule has 0 unspecified atom stereocenters. The Morgan fingerprint density at radius 1 is 1.48 bits per heavy atom. The van der Waals surface area contributed by atoms with Crippen LogP contribution in [0.2, 0.25) is 0 Å². The van der Waals surface area contributed by atoms with Gasteiger partial charge in [-0.05, 0) is 42.3 Å². The third kappa shape index (κ3) is 4.37. The molecular weight excluding hydrogens is 358 g/mol. The summed E-state index contributed by atoms with van der Waals surface area (Å²) in [4.78, 5) is 6.46. The second kappa shape index (κ2) is 7.68. The molecule has 126 valence electrons. The molecule has 2 aromatic rings. The zero-order valence-electron chi connectivity index (χ0n) is 14.4. The number of aliphatic imine (C=N–C) groups is 1. The van der Waals surface area contributed by atoms with Gasteiger partial charge in [-0.25, -0.2) is 0 Å². The fourth-order valence-corrected chi connectivity index (χ4v) is 3.16. The first kappa shape index (κ1) is 17.6. The van der Waals surface area contributed by atoms with Crippen molar-refractivity contribution in [3.8, 4) is 0 Å². The molecule has 0 spiro atoms. The van der Waals surface area contributed by atoms with E-state index in [1.807, 2.05) is 27.9 Å². The summed E-state index contributed by atoms with van der Waals surface area (Å²) in [5, 5.41) is 7.38. The topological polar surface area (TPSA) is 58.6 Å². The normalized spacial score (nSPS) is 11.8. The van der Waals surface area contributed by atoms with Gasteiger partial charge in [-0.2, -0.15) is 0 Å². The molecule has 1 N–H and O–H groups in total. The number of hydrogen-bond donors (Lipinski definition) is 1. The Labute approximate surface area is 145 Å². The van der Waals surface area contributed by atoms with Crippen LogP contribution in [-0.2, 0) is 20.0 Å². The summed E-state index contributed by atoms with van der Waals surface area (Å²) in [5.41, 5.74) is 3.34. The lowest BCUT2D eigenvalue weighted by Gasteiger charge is -2.22. The molecule has 0 aliphatic carbocycles. The van der Waals surface area contributed by atoms with Crippen LogP contribution in [0.3, 0.4) is 0 Å². The van der Waals surface area contributed by atoms with Crippen molar-refractivity contribution in [1.29, 1.82) is 0 Å². The molecule has 0 saturated heterocycles. The first-order chi connectivity index (χ1) is 10.9. The first-order valence-corrected chi connectivity index (χ1v) is 8.36. The molecule has 7 heteroatoms. The van der Waals surface area contributed by atoms with Crippen molar-refractivity contribution in [2.24, 2.45) is 12.0 Å². The van der Waals surface area contributed by atoms with Crippen LogP contribution in [0.15, 0.2) is 26.3 Å². The molecular formula is C16H24BrN5O. The number of aromatic nitrogens is 2. The van der Waals surface area contributed by atoms with Crippen LogP contribution >= 0.6 is 15.9 Å². The summed E-state index contributed by atoms with van der Waals surface area (Å²) < 4.78 is 8.39. The Hall–Kier alpha value is -1.76. The molecule has 0 atom stereocenters. The zero-order chi connectivity index (χ0) is 17.0. The van der Waals surface area contributed by atoms with E-state index in [0.717, 1.165) is 41.4 Å². The van der Waals surface area contributed by atoms with Crippen LogP contribution in [-0.4, -0.2) is 41.2 Å². The summed E-state index contributed by atoms with van der Waals surface area (Å²) in [6, 6.07) is 2.12. The van der Waals surface area contributed by atoms with Crippen molar-refractivity contribution in [2.75, 3.05) is 20.6 Å². The highest BCUT2D eigenvalue weighted by atomic mass is 79.9. The molecule has 23 heavy (non-hydrogen) atoms. The standard InChI is InChI=1S/C16H24BrN5O/c1-11-15(12(2)23-20-11)6-7-19-16(18-3)22(5)10-14-8-13(17)9-21(14)4/h8-9H,6-7,10H2,1-5H3,(H,18,19). The highest BCUT2D eigenvalue weighted by Crippen LogP contribution is 2.15. The highest BCUT2D eigenvalue weighted by molar-refractivity contribution is 9.10. The molecule has 2 rings (SSSR count). The van der Waals surface area contributed by atoms with Gasteiger partial charge in [-0.3, -0.25) is 4.99 Å². The van der Waals surface area contributed by atoms with Crippen LogP contribution in [0.25, 0.3) is 0 Å². The van der Waals surface area contributed by atoms with E-state index < -0.39 is 0 Å². The summed E-state index contributed by atoms with van der Waals surface area (Å²) >= 11 is 3.50. The summed E-state index contributed by atoms with van der Waals surface area (Å²) in [5.74, 6) is 1.76. The molecule has 0 saturated carbocycles. The van der Waals surface area contributed by atoms with E-state index in [9.17, 15) is 0 Å². The minimum atomic E-state index is 0.785. The number of aryl methyl sites for hydroxylation is 3. The summed E-state index contributed by atoms with van der Waals surface area (Å²) in [6.07, 6.45) is 2.92. The quantitative estimate of drug-likeness (QED) is 0.638. The van der Waals surface area contributed by atoms with E-state index in [0.29, 0.717) is 0 Å². The largest absolute Gasteiger partial charge is 0.361 e. The maximum Gasteiger partial charge on any atom is 0.193 e. The molecule has 0 aliphatic rings. The van der Waals surface area contributed by atoms with Crippen molar-refractivity contribution in [2.45, 2.75) is 26.8 Å². The van der Waals surface area contributed by atoms with Crippen molar-refractivity contribution in [1.82, 2.24) is 19.9 Å². The second-order valence-corrected chi connectivity index (χ2v) is 6.56. The average molecular weight is 382 g/mol. The molecule has 2 heterocycles. The molecule has 6 nitrogen and oxygen atoms in total. The Morgan fingerprint density at radius 3 is 2.74 bits per heavy atom. The van der Waals surface area contributed by atoms with Crippen molar-refractivity contribution >= 4 is 21.9 Å². The van der Waals surface area contributed by atoms with Gasteiger partial charge in [0.25, 0.3) is 0 Å². The lowest BCUT2D eigenvalue weighted by molar-refractivity contribution is 0.392. The number of nitrogens with one attached hydrogen (secondary N) is 1. The third-order valence-electron chi connectivity index (χ3n) is 3.89. The number of nitrogens with zero attached hydrogens (tertiary/aromatic N) is 4. The van der Waals surface area contributed by atoms with Crippen LogP contribution in [0, 0.1) is 13.8 Å². The summed E-state index contributed by atoms with van der Waals surface area (Å²) in [7, 11) is 5.88. The molecule has 2 aromatic heterocycles. The Morgan fingerprint density at radius 2 is 2.22 bits per heavy atom. The maximum absolute atomic E-state index is 5.20. The maximum atomic E-state index is 5.20. The highest BCUT2D eigenvalue weighted by Gasteiger charge is 2.11. The van der Waals surface area contributed by atoms with Gasteiger partial charge in [0.1, 0.15) is 5.76 Å². The number of halogens is 1. The van der Waals surface area contributed by atoms with E-state index in [1.54, 1.807) is 7.05 Å². The van der Waals surface area contributed by atoms with E-state index in [-0.39, 0.29) is 0 Å². The minimum absolute atomic E-state index is 0.785. The summed E-state index contributed by atoms with van der Waals surface area (Å²) in [6.45, 7) is 5.49. The van der Waals surface area contributed by atoms with E-state index in [2.05, 4.69) is 53.1 Å². The number of hydrogen-bond acceptors (Lipinski definition) is 3. The molecule has 0 aliphatic heterocycles. The van der Waals surface area contributed by atoms with Crippen LogP contribution in [0.5, 0.6) is 0 Å². The van der Waals surface area contributed by atoms with Crippen molar-refractivity contribution < 1.29 is 4.52 Å². The number of rotatable bonds is 5. The molecule has 0 amide bonds. The van der Waals surface area contributed by atoms with E-state index in [1.165, 1.54) is 11.3 Å². The van der Waals surface area contributed by atoms with Gasteiger partial charge >= 0.3 is 0 Å². The molecule has 0 aromatic carbocycles. The van der Waals surface area contributed by atoms with Gasteiger partial charge in [0, 0.05) is 49.6 Å². The Balaban J connectivity index is 1.91. The fourth-order valence-electron chi connectivity index (χ4n) is 2.58. The lowest BCUT2D eigenvalue weighted by atomic mass is 10.1. The Bertz CT molecular complexity index is 669.